The van der Waals surface area contributed by atoms with Crippen LogP contribution in [0.3, 0.4) is 0 Å². The van der Waals surface area contributed by atoms with Crippen molar-refractivity contribution >= 4 is 5.97 Å². The molecule has 1 atom stereocenters. The summed E-state index contributed by atoms with van der Waals surface area (Å²) < 4.78 is 5.90. The fourth-order valence-corrected chi connectivity index (χ4v) is 4.26. The third kappa shape index (κ3) is 4.07. The molecule has 1 aliphatic carbocycles. The van der Waals surface area contributed by atoms with Crippen LogP contribution in [0.15, 0.2) is 52.9 Å². The Morgan fingerprint density at radius 1 is 1.23 bits per heavy atom. The maximum Gasteiger partial charge on any atom is 0.335 e. The van der Waals surface area contributed by atoms with Gasteiger partial charge >= 0.3 is 5.97 Å². The molecule has 0 spiro atoms. The molecule has 3 N–H and O–H groups in total. The lowest BCUT2D eigenvalue weighted by atomic mass is 9.79. The van der Waals surface area contributed by atoms with E-state index in [-0.39, 0.29) is 17.3 Å². The topological polar surface area (TPSA) is 126 Å². The lowest BCUT2D eigenvalue weighted by molar-refractivity contribution is 0.0696. The summed E-state index contributed by atoms with van der Waals surface area (Å²) in [5.41, 5.74) is 7.20. The molecule has 158 valence electrons. The quantitative estimate of drug-likeness (QED) is 0.617. The number of carbonyl (C=O) groups is 1. The van der Waals surface area contributed by atoms with Crippen molar-refractivity contribution < 1.29 is 14.3 Å². The van der Waals surface area contributed by atoms with Crippen molar-refractivity contribution in [1.82, 2.24) is 10.2 Å². The summed E-state index contributed by atoms with van der Waals surface area (Å²) in [5.74, 6) is -0.610. The Morgan fingerprint density at radius 2 is 1.94 bits per heavy atom. The van der Waals surface area contributed by atoms with Gasteiger partial charge in [0.25, 0.3) is 0 Å². The van der Waals surface area contributed by atoms with Crippen LogP contribution >= 0.6 is 0 Å². The number of hydrogen-bond donors (Lipinski definition) is 2. The van der Waals surface area contributed by atoms with Gasteiger partial charge < -0.3 is 15.3 Å². The van der Waals surface area contributed by atoms with Gasteiger partial charge in [-0.1, -0.05) is 43.2 Å². The molecule has 0 unspecified atom stereocenters. The Morgan fingerprint density at radius 3 is 2.58 bits per heavy atom. The fourth-order valence-electron chi connectivity index (χ4n) is 4.26. The van der Waals surface area contributed by atoms with E-state index in [0.29, 0.717) is 30.4 Å². The van der Waals surface area contributed by atoms with Gasteiger partial charge in [-0.2, -0.15) is 5.26 Å². The third-order valence-corrected chi connectivity index (χ3v) is 5.98. The van der Waals surface area contributed by atoms with Crippen LogP contribution < -0.4 is 5.73 Å². The maximum absolute atomic E-state index is 11.7. The van der Waals surface area contributed by atoms with Crippen LogP contribution in [0.1, 0.15) is 60.0 Å². The summed E-state index contributed by atoms with van der Waals surface area (Å²) in [4.78, 5) is 11.7. The van der Waals surface area contributed by atoms with E-state index in [0.717, 1.165) is 18.4 Å². The Hall–Kier alpha value is -3.50. The highest BCUT2D eigenvalue weighted by Gasteiger charge is 2.37. The van der Waals surface area contributed by atoms with Crippen LogP contribution in [0.5, 0.6) is 0 Å². The molecule has 1 aromatic heterocycles. The van der Waals surface area contributed by atoms with Crippen LogP contribution in [-0.2, 0) is 17.4 Å². The second-order valence-electron chi connectivity index (χ2n) is 8.50. The molecule has 0 amide bonds. The minimum atomic E-state index is -1.07. The van der Waals surface area contributed by atoms with Gasteiger partial charge in [0, 0.05) is 5.56 Å². The van der Waals surface area contributed by atoms with Crippen molar-refractivity contribution in [2.45, 2.75) is 50.0 Å². The number of nitriles is 1. The highest BCUT2D eigenvalue weighted by atomic mass is 16.4. The van der Waals surface area contributed by atoms with Gasteiger partial charge in [-0.3, -0.25) is 0 Å². The highest BCUT2D eigenvalue weighted by Crippen LogP contribution is 2.42. The molecule has 7 heteroatoms. The number of rotatable bonds is 6. The monoisotopic (exact) mass is 416 g/mol. The summed E-state index contributed by atoms with van der Waals surface area (Å²) in [6.45, 7) is 1.82. The van der Waals surface area contributed by atoms with Gasteiger partial charge in [0.1, 0.15) is 0 Å². The van der Waals surface area contributed by atoms with Crippen molar-refractivity contribution in [3.63, 3.8) is 0 Å². The van der Waals surface area contributed by atoms with Gasteiger partial charge in [0.15, 0.2) is 0 Å². The first kappa shape index (κ1) is 20.8. The number of aromatic nitrogens is 2. The Kier molecular flexibility index (Phi) is 5.34. The summed E-state index contributed by atoms with van der Waals surface area (Å²) in [7, 11) is 0. The first-order valence-electron chi connectivity index (χ1n) is 10.3. The van der Waals surface area contributed by atoms with E-state index in [4.69, 9.17) is 10.2 Å². The molecule has 1 fully saturated rings. The molecular weight excluding hydrogens is 392 g/mol. The summed E-state index contributed by atoms with van der Waals surface area (Å²) in [5, 5.41) is 27.7. The highest BCUT2D eigenvalue weighted by molar-refractivity contribution is 5.89. The van der Waals surface area contributed by atoms with E-state index in [9.17, 15) is 15.2 Å². The molecule has 4 rings (SSSR count). The van der Waals surface area contributed by atoms with E-state index in [2.05, 4.69) is 16.3 Å². The molecule has 1 heterocycles. The zero-order valence-electron chi connectivity index (χ0n) is 17.3. The normalized spacial score (nSPS) is 17.1. The Balaban J connectivity index is 1.71. The van der Waals surface area contributed by atoms with Gasteiger partial charge in [-0.15, -0.1) is 10.2 Å². The second kappa shape index (κ2) is 7.97. The van der Waals surface area contributed by atoms with Gasteiger partial charge in [-0.05, 0) is 55.5 Å². The zero-order chi connectivity index (χ0) is 22.1. The number of carboxylic acids is 1. The van der Waals surface area contributed by atoms with Crippen LogP contribution in [-0.4, -0.2) is 21.3 Å². The zero-order valence-corrected chi connectivity index (χ0v) is 17.3. The van der Waals surface area contributed by atoms with Crippen LogP contribution in [0.2, 0.25) is 0 Å². The van der Waals surface area contributed by atoms with Crippen LogP contribution in [0, 0.1) is 11.3 Å². The first-order valence-corrected chi connectivity index (χ1v) is 10.3. The number of hydrogen-bond acceptors (Lipinski definition) is 6. The number of benzene rings is 2. The number of carboxylic acid groups (broad SMARTS) is 1. The third-order valence-electron chi connectivity index (χ3n) is 5.98. The van der Waals surface area contributed by atoms with Gasteiger partial charge in [-0.25, -0.2) is 4.79 Å². The number of nitrogens with zero attached hydrogens (tertiary/aromatic N) is 3. The van der Waals surface area contributed by atoms with Crippen molar-refractivity contribution in [2.24, 2.45) is 5.73 Å². The molecule has 0 aliphatic heterocycles. The second-order valence-corrected chi connectivity index (χ2v) is 8.50. The van der Waals surface area contributed by atoms with E-state index < -0.39 is 16.9 Å². The Bertz CT molecular complexity index is 1140. The largest absolute Gasteiger partial charge is 0.478 e. The molecule has 7 nitrogen and oxygen atoms in total. The van der Waals surface area contributed by atoms with Crippen molar-refractivity contribution in [1.29, 1.82) is 5.26 Å². The van der Waals surface area contributed by atoms with Crippen molar-refractivity contribution in [2.75, 3.05) is 0 Å². The minimum absolute atomic E-state index is 0.0913. The molecule has 1 aliphatic rings. The standard InChI is InChI=1S/C24H24N4O3/c1-23(26,14-16-7-3-2-4-8-16)22-28-27-20(31-22)17-11-18(21(29)30)13-19(12-17)24(15-25)9-5-6-10-24/h2-4,7-8,11-13H,5-6,9-10,14,26H2,1H3,(H,29,30)/t23-/m1/s1. The smallest absolute Gasteiger partial charge is 0.335 e. The molecule has 2 aromatic carbocycles. The van der Waals surface area contributed by atoms with Gasteiger partial charge in [0.2, 0.25) is 11.8 Å². The summed E-state index contributed by atoms with van der Waals surface area (Å²) in [6.07, 6.45) is 3.80. The van der Waals surface area contributed by atoms with Gasteiger partial charge in [0.05, 0.1) is 22.6 Å². The SMILES string of the molecule is C[C@@](N)(Cc1ccccc1)c1nnc(-c2cc(C(=O)O)cc(C3(C#N)CCCC3)c2)o1. The number of aromatic carboxylic acids is 1. The average Bonchev–Trinajstić information content (AvgIpc) is 3.45. The maximum atomic E-state index is 11.7. The fraction of sp³-hybridized carbons (Fsp3) is 0.333. The molecule has 1 saturated carbocycles. The van der Waals surface area contributed by atoms with E-state index in [1.807, 2.05) is 37.3 Å². The predicted octanol–water partition coefficient (Wildman–Crippen LogP) is 4.19. The first-order chi connectivity index (χ1) is 14.8. The molecule has 0 bridgehead atoms. The lowest BCUT2D eigenvalue weighted by Gasteiger charge is -2.22. The minimum Gasteiger partial charge on any atom is -0.478 e. The van der Waals surface area contributed by atoms with Crippen molar-refractivity contribution in [3.8, 4) is 17.5 Å². The summed E-state index contributed by atoms with van der Waals surface area (Å²) >= 11 is 0. The molecule has 3 aromatic rings. The van der Waals surface area contributed by atoms with Crippen LogP contribution in [0.25, 0.3) is 11.5 Å². The average molecular weight is 416 g/mol. The Labute approximate surface area is 180 Å². The molecule has 31 heavy (non-hydrogen) atoms. The molecular formula is C24H24N4O3. The molecule has 0 radical (unpaired) electrons. The van der Waals surface area contributed by atoms with E-state index in [1.165, 1.54) is 6.07 Å². The van der Waals surface area contributed by atoms with E-state index in [1.54, 1.807) is 12.1 Å². The van der Waals surface area contributed by atoms with Crippen LogP contribution in [0.4, 0.5) is 0 Å². The number of nitrogens with two attached hydrogens (primary N) is 1. The molecule has 0 saturated heterocycles. The van der Waals surface area contributed by atoms with Crippen molar-refractivity contribution in [3.05, 3.63) is 71.1 Å². The van der Waals surface area contributed by atoms with E-state index >= 15 is 0 Å². The predicted molar refractivity (Wildman–Crippen MR) is 114 cm³/mol. The summed E-state index contributed by atoms with van der Waals surface area (Å²) in [6, 6.07) is 17.1. The lowest BCUT2D eigenvalue weighted by Crippen LogP contribution is -2.35.